The number of hydrogen-bond donors (Lipinski definition) is 0. The number of carbonyl (C=O) groups excluding carboxylic acids is 1. The van der Waals surface area contributed by atoms with Crippen LogP contribution in [0.5, 0.6) is 0 Å². The first-order valence-corrected chi connectivity index (χ1v) is 8.46. The van der Waals surface area contributed by atoms with E-state index in [-0.39, 0.29) is 11.7 Å². The minimum atomic E-state index is 0.0277. The molecule has 0 bridgehead atoms. The van der Waals surface area contributed by atoms with Gasteiger partial charge in [0, 0.05) is 22.9 Å². The number of hydrogen-bond acceptors (Lipinski definition) is 3. The lowest BCUT2D eigenvalue weighted by molar-refractivity contribution is -0.119. The molecule has 4 heteroatoms. The van der Waals surface area contributed by atoms with E-state index in [9.17, 15) is 4.79 Å². The van der Waals surface area contributed by atoms with Crippen LogP contribution in [-0.4, -0.2) is 21.3 Å². The summed E-state index contributed by atoms with van der Waals surface area (Å²) < 4.78 is 1.96. The predicted molar refractivity (Wildman–Crippen MR) is 85.8 cm³/mol. The van der Waals surface area contributed by atoms with E-state index < -0.39 is 0 Å². The molecule has 3 nitrogen and oxygen atoms in total. The van der Waals surface area contributed by atoms with Crippen LogP contribution in [0.4, 0.5) is 0 Å². The Morgan fingerprint density at radius 1 is 1.43 bits per heavy atom. The second-order valence-corrected chi connectivity index (χ2v) is 6.65. The van der Waals surface area contributed by atoms with Crippen LogP contribution < -0.4 is 0 Å². The first-order valence-electron chi connectivity index (χ1n) is 7.47. The van der Waals surface area contributed by atoms with Gasteiger partial charge in [-0.25, -0.2) is 0 Å². The van der Waals surface area contributed by atoms with E-state index in [1.807, 2.05) is 29.1 Å². The quantitative estimate of drug-likeness (QED) is 0.841. The number of rotatable bonds is 5. The molecule has 0 N–H and O–H groups in total. The summed E-state index contributed by atoms with van der Waals surface area (Å²) in [5.41, 5.74) is 2.07. The third-order valence-corrected chi connectivity index (χ3v) is 5.33. The number of aromatic nitrogens is 2. The molecule has 21 heavy (non-hydrogen) atoms. The Labute approximate surface area is 129 Å². The van der Waals surface area contributed by atoms with Gasteiger partial charge in [0.25, 0.3) is 0 Å². The molecule has 0 fully saturated rings. The van der Waals surface area contributed by atoms with Crippen LogP contribution in [0.2, 0.25) is 0 Å². The number of nitrogens with zero attached hydrogens (tertiary/aromatic N) is 2. The fourth-order valence-corrected chi connectivity index (χ4v) is 3.90. The van der Waals surface area contributed by atoms with Gasteiger partial charge in [-0.15, -0.1) is 11.8 Å². The van der Waals surface area contributed by atoms with Gasteiger partial charge in [0.2, 0.25) is 0 Å². The molecule has 2 heterocycles. The smallest absolute Gasteiger partial charge is 0.147 e. The average Bonchev–Trinajstić information content (AvgIpc) is 3.12. The average molecular weight is 300 g/mol. The zero-order chi connectivity index (χ0) is 14.8. The highest BCUT2D eigenvalue weighted by molar-refractivity contribution is 7.99. The fourth-order valence-electron chi connectivity index (χ4n) is 2.64. The monoisotopic (exact) mass is 300 g/mol. The lowest BCUT2D eigenvalue weighted by Gasteiger charge is -2.09. The summed E-state index contributed by atoms with van der Waals surface area (Å²) in [6, 6.07) is 10.6. The summed E-state index contributed by atoms with van der Waals surface area (Å²) >= 11 is 1.78. The first-order chi connectivity index (χ1) is 10.2. The van der Waals surface area contributed by atoms with E-state index in [2.05, 4.69) is 31.1 Å². The standard InChI is InChI=1S/C17H20N2OS/c1-3-12(2)19-9-8-13(18-19)10-16(20)15-11-21-17-7-5-4-6-14(15)17/h4-9,12,15H,3,10-11H2,1-2H3. The highest BCUT2D eigenvalue weighted by atomic mass is 32.2. The molecule has 110 valence electrons. The van der Waals surface area contributed by atoms with E-state index in [1.54, 1.807) is 11.8 Å². The van der Waals surface area contributed by atoms with Crippen molar-refractivity contribution in [1.82, 2.24) is 9.78 Å². The Morgan fingerprint density at radius 2 is 2.24 bits per heavy atom. The molecule has 2 unspecified atom stereocenters. The summed E-state index contributed by atoms with van der Waals surface area (Å²) in [6.07, 6.45) is 3.46. The van der Waals surface area contributed by atoms with Gasteiger partial charge < -0.3 is 0 Å². The molecule has 0 saturated heterocycles. The molecular weight excluding hydrogens is 280 g/mol. The Morgan fingerprint density at radius 3 is 3.05 bits per heavy atom. The zero-order valence-electron chi connectivity index (χ0n) is 12.5. The van der Waals surface area contributed by atoms with Crippen molar-refractivity contribution in [1.29, 1.82) is 0 Å². The Kier molecular flexibility index (Phi) is 4.15. The summed E-state index contributed by atoms with van der Waals surface area (Å²) in [7, 11) is 0. The van der Waals surface area contributed by atoms with E-state index in [1.165, 1.54) is 10.5 Å². The molecule has 1 aromatic carbocycles. The largest absolute Gasteiger partial charge is 0.299 e. The van der Waals surface area contributed by atoms with Gasteiger partial charge >= 0.3 is 0 Å². The second-order valence-electron chi connectivity index (χ2n) is 5.59. The maximum absolute atomic E-state index is 12.6. The minimum Gasteiger partial charge on any atom is -0.299 e. The molecule has 2 aromatic rings. The van der Waals surface area contributed by atoms with Gasteiger partial charge in [-0.3, -0.25) is 9.48 Å². The van der Waals surface area contributed by atoms with Crippen LogP contribution in [0.1, 0.15) is 43.5 Å². The molecule has 0 amide bonds. The van der Waals surface area contributed by atoms with Crippen molar-refractivity contribution >= 4 is 17.5 Å². The van der Waals surface area contributed by atoms with Crippen molar-refractivity contribution in [3.8, 4) is 0 Å². The molecule has 3 rings (SSSR count). The molecule has 1 aliphatic heterocycles. The molecule has 0 aliphatic carbocycles. The third-order valence-electron chi connectivity index (χ3n) is 4.15. The van der Waals surface area contributed by atoms with Gasteiger partial charge in [0.1, 0.15) is 5.78 Å². The molecule has 2 atom stereocenters. The Hall–Kier alpha value is -1.55. The van der Waals surface area contributed by atoms with Crippen molar-refractivity contribution < 1.29 is 4.79 Å². The van der Waals surface area contributed by atoms with Crippen LogP contribution in [0, 0.1) is 0 Å². The Bertz CT molecular complexity index is 650. The van der Waals surface area contributed by atoms with E-state index in [0.717, 1.165) is 17.9 Å². The molecular formula is C17H20N2OS. The molecule has 1 aliphatic rings. The van der Waals surface area contributed by atoms with E-state index in [4.69, 9.17) is 0 Å². The number of thioether (sulfide) groups is 1. The van der Waals surface area contributed by atoms with Crippen molar-refractivity contribution in [3.05, 3.63) is 47.8 Å². The number of benzene rings is 1. The second kappa shape index (κ2) is 6.06. The summed E-state index contributed by atoms with van der Waals surface area (Å²) in [6.45, 7) is 4.28. The SMILES string of the molecule is CCC(C)n1ccc(CC(=O)C2CSc3ccccc32)n1. The summed E-state index contributed by atoms with van der Waals surface area (Å²) in [5, 5.41) is 4.54. The Balaban J connectivity index is 1.71. The highest BCUT2D eigenvalue weighted by Crippen LogP contribution is 2.40. The molecule has 0 saturated carbocycles. The predicted octanol–water partition coefficient (Wildman–Crippen LogP) is 3.86. The number of fused-ring (bicyclic) bond motifs is 1. The fraction of sp³-hybridized carbons (Fsp3) is 0.412. The van der Waals surface area contributed by atoms with Crippen molar-refractivity contribution in [3.63, 3.8) is 0 Å². The number of ketones is 1. The van der Waals surface area contributed by atoms with Crippen LogP contribution in [-0.2, 0) is 11.2 Å². The summed E-state index contributed by atoms with van der Waals surface area (Å²) in [4.78, 5) is 13.8. The highest BCUT2D eigenvalue weighted by Gasteiger charge is 2.29. The lowest BCUT2D eigenvalue weighted by Crippen LogP contribution is -2.15. The van der Waals surface area contributed by atoms with Crippen LogP contribution in [0.3, 0.4) is 0 Å². The van der Waals surface area contributed by atoms with Crippen molar-refractivity contribution in [2.24, 2.45) is 0 Å². The van der Waals surface area contributed by atoms with Crippen LogP contribution in [0.15, 0.2) is 41.4 Å². The maximum atomic E-state index is 12.6. The van der Waals surface area contributed by atoms with E-state index in [0.29, 0.717) is 12.5 Å². The van der Waals surface area contributed by atoms with Crippen molar-refractivity contribution in [2.75, 3.05) is 5.75 Å². The van der Waals surface area contributed by atoms with Crippen LogP contribution in [0.25, 0.3) is 0 Å². The van der Waals surface area contributed by atoms with Gasteiger partial charge in [0.05, 0.1) is 18.0 Å². The number of Topliss-reactive ketones (excluding diaryl/α,β-unsaturated/α-hetero) is 1. The molecule has 0 spiro atoms. The van der Waals surface area contributed by atoms with E-state index >= 15 is 0 Å². The normalized spacial score (nSPS) is 18.5. The topological polar surface area (TPSA) is 34.9 Å². The van der Waals surface area contributed by atoms with Crippen LogP contribution >= 0.6 is 11.8 Å². The third kappa shape index (κ3) is 2.91. The first kappa shape index (κ1) is 14.4. The van der Waals surface area contributed by atoms with Gasteiger partial charge in [-0.05, 0) is 31.0 Å². The van der Waals surface area contributed by atoms with Gasteiger partial charge in [-0.1, -0.05) is 25.1 Å². The van der Waals surface area contributed by atoms with Crippen molar-refractivity contribution in [2.45, 2.75) is 43.5 Å². The number of carbonyl (C=O) groups is 1. The molecule has 0 radical (unpaired) electrons. The van der Waals surface area contributed by atoms with Gasteiger partial charge in [-0.2, -0.15) is 5.10 Å². The maximum Gasteiger partial charge on any atom is 0.147 e. The minimum absolute atomic E-state index is 0.0277. The zero-order valence-corrected chi connectivity index (χ0v) is 13.3. The summed E-state index contributed by atoms with van der Waals surface area (Å²) in [5.74, 6) is 1.17. The molecule has 1 aromatic heterocycles. The van der Waals surface area contributed by atoms with Gasteiger partial charge in [0.15, 0.2) is 0 Å². The lowest BCUT2D eigenvalue weighted by atomic mass is 9.94.